The zero-order valence-electron chi connectivity index (χ0n) is 11.4. The van der Waals surface area contributed by atoms with Crippen molar-refractivity contribution in [3.63, 3.8) is 0 Å². The molecule has 1 aliphatic heterocycles. The van der Waals surface area contributed by atoms with Crippen LogP contribution in [0.2, 0.25) is 0 Å². The fraction of sp³-hybridized carbons (Fsp3) is 0.909. The van der Waals surface area contributed by atoms with Crippen molar-refractivity contribution < 1.29 is 27.8 Å². The maximum atomic E-state index is 12.1. The predicted octanol–water partition coefficient (Wildman–Crippen LogP) is -0.651. The van der Waals surface area contributed by atoms with Gasteiger partial charge >= 0.3 is 5.97 Å². The van der Waals surface area contributed by atoms with E-state index in [1.54, 1.807) is 0 Å². The number of methoxy groups -OCH3 is 1. The molecule has 0 aromatic heterocycles. The SMILES string of the molecule is COC(=O)C1CC(O)CN1S(=O)(=O)CCOC(C)C. The van der Waals surface area contributed by atoms with Gasteiger partial charge in [0.25, 0.3) is 0 Å². The number of hydrogen-bond donors (Lipinski definition) is 1. The minimum Gasteiger partial charge on any atom is -0.468 e. The smallest absolute Gasteiger partial charge is 0.324 e. The van der Waals surface area contributed by atoms with E-state index in [1.807, 2.05) is 13.8 Å². The molecule has 0 aliphatic carbocycles. The number of β-amino-alcohol motifs (C(OH)–C–C–N with tert-alkyl or cyclic N) is 1. The van der Waals surface area contributed by atoms with Gasteiger partial charge in [0.2, 0.25) is 10.0 Å². The zero-order valence-corrected chi connectivity index (χ0v) is 12.2. The standard InChI is InChI=1S/C11H21NO6S/c1-8(2)18-4-5-19(15,16)12-7-9(13)6-10(12)11(14)17-3/h8-10,13H,4-7H2,1-3H3. The molecule has 7 nitrogen and oxygen atoms in total. The molecule has 1 fully saturated rings. The average Bonchev–Trinajstić information content (AvgIpc) is 2.70. The Bertz CT molecular complexity index is 407. The van der Waals surface area contributed by atoms with Gasteiger partial charge in [-0.2, -0.15) is 4.31 Å². The number of nitrogens with zero attached hydrogens (tertiary/aromatic N) is 1. The van der Waals surface area contributed by atoms with E-state index < -0.39 is 28.1 Å². The summed E-state index contributed by atoms with van der Waals surface area (Å²) in [5.74, 6) is -0.865. The first kappa shape index (κ1) is 16.4. The normalized spacial score (nSPS) is 24.9. The highest BCUT2D eigenvalue weighted by atomic mass is 32.2. The molecule has 0 aromatic carbocycles. The topological polar surface area (TPSA) is 93.1 Å². The van der Waals surface area contributed by atoms with E-state index in [2.05, 4.69) is 4.74 Å². The van der Waals surface area contributed by atoms with Crippen LogP contribution in [-0.4, -0.2) is 68.1 Å². The van der Waals surface area contributed by atoms with Crippen molar-refractivity contribution >= 4 is 16.0 Å². The molecule has 1 aliphatic rings. The van der Waals surface area contributed by atoms with E-state index in [0.29, 0.717) is 0 Å². The molecule has 0 spiro atoms. The van der Waals surface area contributed by atoms with Crippen molar-refractivity contribution in [3.8, 4) is 0 Å². The molecular formula is C11H21NO6S. The summed E-state index contributed by atoms with van der Waals surface area (Å²) in [4.78, 5) is 11.5. The molecule has 0 radical (unpaired) electrons. The summed E-state index contributed by atoms with van der Waals surface area (Å²) >= 11 is 0. The Kier molecular flexibility index (Phi) is 5.72. The van der Waals surface area contributed by atoms with Gasteiger partial charge in [-0.15, -0.1) is 0 Å². The lowest BCUT2D eigenvalue weighted by Gasteiger charge is -2.22. The Morgan fingerprint density at radius 2 is 2.11 bits per heavy atom. The fourth-order valence-corrected chi connectivity index (χ4v) is 3.45. The van der Waals surface area contributed by atoms with Crippen LogP contribution in [0.4, 0.5) is 0 Å². The number of carbonyl (C=O) groups excluding carboxylic acids is 1. The van der Waals surface area contributed by atoms with Crippen molar-refractivity contribution in [2.24, 2.45) is 0 Å². The summed E-state index contributed by atoms with van der Waals surface area (Å²) in [5, 5.41) is 9.55. The van der Waals surface area contributed by atoms with Crippen molar-refractivity contribution in [2.75, 3.05) is 26.0 Å². The van der Waals surface area contributed by atoms with Gasteiger partial charge in [0, 0.05) is 13.0 Å². The van der Waals surface area contributed by atoms with Crippen LogP contribution in [0.3, 0.4) is 0 Å². The van der Waals surface area contributed by atoms with E-state index in [-0.39, 0.29) is 31.4 Å². The average molecular weight is 295 g/mol. The highest BCUT2D eigenvalue weighted by Gasteiger charge is 2.43. The fourth-order valence-electron chi connectivity index (χ4n) is 1.95. The summed E-state index contributed by atoms with van der Waals surface area (Å²) in [6.45, 7) is 3.59. The van der Waals surface area contributed by atoms with Crippen LogP contribution in [0.1, 0.15) is 20.3 Å². The molecule has 1 N–H and O–H groups in total. The number of rotatable bonds is 6. The van der Waals surface area contributed by atoms with Crippen molar-refractivity contribution in [1.82, 2.24) is 4.31 Å². The Balaban J connectivity index is 2.72. The second kappa shape index (κ2) is 6.65. The third kappa shape index (κ3) is 4.41. The van der Waals surface area contributed by atoms with Crippen LogP contribution < -0.4 is 0 Å². The number of sulfonamides is 1. The van der Waals surface area contributed by atoms with Gasteiger partial charge in [-0.05, 0) is 13.8 Å². The van der Waals surface area contributed by atoms with Gasteiger partial charge in [0.15, 0.2) is 0 Å². The maximum Gasteiger partial charge on any atom is 0.324 e. The number of hydrogen-bond acceptors (Lipinski definition) is 6. The highest BCUT2D eigenvalue weighted by Crippen LogP contribution is 2.22. The Morgan fingerprint density at radius 3 is 2.63 bits per heavy atom. The molecule has 19 heavy (non-hydrogen) atoms. The first-order chi connectivity index (χ1) is 8.77. The number of ether oxygens (including phenoxy) is 2. The molecule has 1 rings (SSSR count). The lowest BCUT2D eigenvalue weighted by Crippen LogP contribution is -2.43. The van der Waals surface area contributed by atoms with Crippen molar-refractivity contribution in [2.45, 2.75) is 38.5 Å². The Labute approximate surface area is 113 Å². The molecule has 0 bridgehead atoms. The summed E-state index contributed by atoms with van der Waals surface area (Å²) < 4.78 is 35.0. The second-order valence-corrected chi connectivity index (χ2v) is 6.77. The van der Waals surface area contributed by atoms with Gasteiger partial charge in [0.05, 0.1) is 31.7 Å². The van der Waals surface area contributed by atoms with Crippen LogP contribution in [0.15, 0.2) is 0 Å². The first-order valence-corrected chi connectivity index (χ1v) is 7.76. The van der Waals surface area contributed by atoms with Crippen molar-refractivity contribution in [3.05, 3.63) is 0 Å². The molecule has 2 unspecified atom stereocenters. The minimum absolute atomic E-state index is 0.0560. The zero-order chi connectivity index (χ0) is 14.6. The molecule has 2 atom stereocenters. The lowest BCUT2D eigenvalue weighted by atomic mass is 10.2. The predicted molar refractivity (Wildman–Crippen MR) is 68.0 cm³/mol. The first-order valence-electron chi connectivity index (χ1n) is 6.15. The Hall–Kier alpha value is -0.700. The molecule has 1 saturated heterocycles. The molecule has 112 valence electrons. The van der Waals surface area contributed by atoms with E-state index >= 15 is 0 Å². The van der Waals surface area contributed by atoms with Crippen LogP contribution in [0.25, 0.3) is 0 Å². The molecular weight excluding hydrogens is 274 g/mol. The summed E-state index contributed by atoms with van der Waals surface area (Å²) in [5.41, 5.74) is 0. The number of aliphatic hydroxyl groups is 1. The third-order valence-corrected chi connectivity index (χ3v) is 4.66. The van der Waals surface area contributed by atoms with E-state index in [1.165, 1.54) is 7.11 Å². The molecule has 1 heterocycles. The Morgan fingerprint density at radius 1 is 1.47 bits per heavy atom. The summed E-state index contributed by atoms with van der Waals surface area (Å²) in [6.07, 6.45) is -0.836. The van der Waals surface area contributed by atoms with Gasteiger partial charge in [-0.25, -0.2) is 8.42 Å². The molecule has 0 amide bonds. The molecule has 8 heteroatoms. The van der Waals surface area contributed by atoms with Gasteiger partial charge in [-0.3, -0.25) is 4.79 Å². The number of aliphatic hydroxyl groups excluding tert-OH is 1. The monoisotopic (exact) mass is 295 g/mol. The molecule has 0 aromatic rings. The lowest BCUT2D eigenvalue weighted by molar-refractivity contribution is -0.144. The van der Waals surface area contributed by atoms with Crippen LogP contribution in [0.5, 0.6) is 0 Å². The van der Waals surface area contributed by atoms with E-state index in [0.717, 1.165) is 4.31 Å². The van der Waals surface area contributed by atoms with Gasteiger partial charge < -0.3 is 14.6 Å². The summed E-state index contributed by atoms with van der Waals surface area (Å²) in [7, 11) is -2.45. The van der Waals surface area contributed by atoms with E-state index in [9.17, 15) is 18.3 Å². The van der Waals surface area contributed by atoms with Gasteiger partial charge in [-0.1, -0.05) is 0 Å². The van der Waals surface area contributed by atoms with Crippen molar-refractivity contribution in [1.29, 1.82) is 0 Å². The molecule has 0 saturated carbocycles. The largest absolute Gasteiger partial charge is 0.468 e. The van der Waals surface area contributed by atoms with E-state index in [4.69, 9.17) is 4.74 Å². The van der Waals surface area contributed by atoms with Crippen LogP contribution in [-0.2, 0) is 24.3 Å². The van der Waals surface area contributed by atoms with Gasteiger partial charge in [0.1, 0.15) is 6.04 Å². The quantitative estimate of drug-likeness (QED) is 0.655. The number of carbonyl (C=O) groups is 1. The van der Waals surface area contributed by atoms with Crippen LogP contribution in [0, 0.1) is 0 Å². The third-order valence-electron chi connectivity index (χ3n) is 2.86. The highest BCUT2D eigenvalue weighted by molar-refractivity contribution is 7.89. The summed E-state index contributed by atoms with van der Waals surface area (Å²) in [6, 6.07) is -0.941. The second-order valence-electron chi connectivity index (χ2n) is 4.73. The minimum atomic E-state index is -3.65. The number of esters is 1. The maximum absolute atomic E-state index is 12.1. The van der Waals surface area contributed by atoms with Crippen LogP contribution >= 0.6 is 0 Å².